The Kier molecular flexibility index (Phi) is 7.12. The van der Waals surface area contributed by atoms with Crippen molar-refractivity contribution in [1.82, 2.24) is 5.32 Å². The summed E-state index contributed by atoms with van der Waals surface area (Å²) in [6, 6.07) is 12.2. The highest BCUT2D eigenvalue weighted by Crippen LogP contribution is 2.16. The van der Waals surface area contributed by atoms with E-state index in [-0.39, 0.29) is 30.3 Å². The second-order valence-corrected chi connectivity index (χ2v) is 6.04. The molecule has 0 bridgehead atoms. The van der Waals surface area contributed by atoms with Gasteiger partial charge >= 0.3 is 0 Å². The summed E-state index contributed by atoms with van der Waals surface area (Å²) >= 11 is 0. The summed E-state index contributed by atoms with van der Waals surface area (Å²) in [5.74, 6) is -0.876. The van der Waals surface area contributed by atoms with Gasteiger partial charge in [-0.15, -0.1) is 12.4 Å². The zero-order chi connectivity index (χ0) is 17.6. The quantitative estimate of drug-likeness (QED) is 0.762. The van der Waals surface area contributed by atoms with Gasteiger partial charge in [-0.2, -0.15) is 0 Å². The van der Waals surface area contributed by atoms with Crippen LogP contribution in [0.1, 0.15) is 29.6 Å². The van der Waals surface area contributed by atoms with Crippen molar-refractivity contribution in [2.24, 2.45) is 0 Å². The topological polar surface area (TPSA) is 70.2 Å². The van der Waals surface area contributed by atoms with Gasteiger partial charge in [-0.05, 0) is 55.8 Å². The van der Waals surface area contributed by atoms with Gasteiger partial charge in [-0.25, -0.2) is 4.39 Å². The van der Waals surface area contributed by atoms with Gasteiger partial charge in [0.1, 0.15) is 5.82 Å². The molecule has 0 radical (unpaired) electrons. The molecule has 0 aliphatic carbocycles. The summed E-state index contributed by atoms with van der Waals surface area (Å²) in [5, 5.41) is 8.67. The molecule has 2 aromatic carbocycles. The number of hydrogen-bond donors (Lipinski definition) is 3. The van der Waals surface area contributed by atoms with Crippen molar-refractivity contribution in [3.63, 3.8) is 0 Å². The van der Waals surface area contributed by atoms with Gasteiger partial charge in [0, 0.05) is 16.9 Å². The fourth-order valence-corrected chi connectivity index (χ4v) is 2.81. The van der Waals surface area contributed by atoms with Crippen molar-refractivity contribution in [2.45, 2.75) is 25.3 Å². The number of carbonyl (C=O) groups excluding carboxylic acids is 2. The van der Waals surface area contributed by atoms with E-state index in [0.717, 1.165) is 25.8 Å². The van der Waals surface area contributed by atoms with Crippen LogP contribution in [0.4, 0.5) is 15.8 Å². The van der Waals surface area contributed by atoms with Gasteiger partial charge in [0.05, 0.1) is 6.04 Å². The van der Waals surface area contributed by atoms with E-state index in [4.69, 9.17) is 0 Å². The SMILES string of the molecule is Cl.O=C(Nc1cccc(F)c1)c1cccc(NC(=O)C2CCCCN2)c1. The Morgan fingerprint density at radius 1 is 1.00 bits per heavy atom. The molecule has 1 heterocycles. The van der Waals surface area contributed by atoms with Gasteiger partial charge in [0.15, 0.2) is 0 Å². The van der Waals surface area contributed by atoms with E-state index in [9.17, 15) is 14.0 Å². The molecule has 2 aromatic rings. The van der Waals surface area contributed by atoms with Gasteiger partial charge in [0.25, 0.3) is 5.91 Å². The molecular formula is C19H21ClFN3O2. The number of piperidine rings is 1. The van der Waals surface area contributed by atoms with Crippen LogP contribution in [0.2, 0.25) is 0 Å². The third-order valence-corrected chi connectivity index (χ3v) is 4.10. The van der Waals surface area contributed by atoms with Crippen LogP contribution >= 0.6 is 12.4 Å². The van der Waals surface area contributed by atoms with Gasteiger partial charge in [-0.1, -0.05) is 18.6 Å². The highest BCUT2D eigenvalue weighted by Gasteiger charge is 2.20. The van der Waals surface area contributed by atoms with Crippen LogP contribution in [0.25, 0.3) is 0 Å². The molecule has 0 saturated carbocycles. The third-order valence-electron chi connectivity index (χ3n) is 4.10. The number of carbonyl (C=O) groups is 2. The van der Waals surface area contributed by atoms with Crippen LogP contribution < -0.4 is 16.0 Å². The van der Waals surface area contributed by atoms with E-state index in [0.29, 0.717) is 16.9 Å². The first kappa shape index (κ1) is 19.9. The Balaban J connectivity index is 0.00000243. The number of halogens is 2. The van der Waals surface area contributed by atoms with Crippen LogP contribution in [-0.2, 0) is 4.79 Å². The Hall–Kier alpha value is -2.44. The molecule has 1 aliphatic heterocycles. The molecule has 5 nitrogen and oxygen atoms in total. The first-order chi connectivity index (χ1) is 12.1. The molecule has 0 spiro atoms. The summed E-state index contributed by atoms with van der Waals surface area (Å²) in [4.78, 5) is 24.6. The average Bonchev–Trinajstić information content (AvgIpc) is 2.62. The molecule has 1 saturated heterocycles. The molecule has 0 aromatic heterocycles. The predicted octanol–water partition coefficient (Wildman–Crippen LogP) is 3.58. The highest BCUT2D eigenvalue weighted by molar-refractivity contribution is 6.05. The lowest BCUT2D eigenvalue weighted by Gasteiger charge is -2.22. The van der Waals surface area contributed by atoms with E-state index >= 15 is 0 Å². The number of nitrogens with one attached hydrogen (secondary N) is 3. The van der Waals surface area contributed by atoms with E-state index in [1.807, 2.05) is 0 Å². The van der Waals surface area contributed by atoms with E-state index in [1.54, 1.807) is 30.3 Å². The molecule has 138 valence electrons. The first-order valence-electron chi connectivity index (χ1n) is 8.33. The fourth-order valence-electron chi connectivity index (χ4n) is 2.81. The van der Waals surface area contributed by atoms with Gasteiger partial charge in [-0.3, -0.25) is 9.59 Å². The molecule has 1 atom stereocenters. The van der Waals surface area contributed by atoms with Crippen LogP contribution in [0, 0.1) is 5.82 Å². The monoisotopic (exact) mass is 377 g/mol. The molecule has 7 heteroatoms. The average molecular weight is 378 g/mol. The molecule has 1 aliphatic rings. The predicted molar refractivity (Wildman–Crippen MR) is 102 cm³/mol. The molecular weight excluding hydrogens is 357 g/mol. The number of amides is 2. The van der Waals surface area contributed by atoms with Gasteiger partial charge < -0.3 is 16.0 Å². The maximum absolute atomic E-state index is 13.2. The first-order valence-corrected chi connectivity index (χ1v) is 8.33. The van der Waals surface area contributed by atoms with Crippen molar-refractivity contribution < 1.29 is 14.0 Å². The molecule has 2 amide bonds. The van der Waals surface area contributed by atoms with E-state index in [2.05, 4.69) is 16.0 Å². The van der Waals surface area contributed by atoms with Crippen LogP contribution in [0.5, 0.6) is 0 Å². The van der Waals surface area contributed by atoms with Crippen LogP contribution in [-0.4, -0.2) is 24.4 Å². The Morgan fingerprint density at radius 2 is 1.73 bits per heavy atom. The second-order valence-electron chi connectivity index (χ2n) is 6.04. The third kappa shape index (κ3) is 5.28. The lowest BCUT2D eigenvalue weighted by Crippen LogP contribution is -2.43. The minimum Gasteiger partial charge on any atom is -0.325 e. The lowest BCUT2D eigenvalue weighted by atomic mass is 10.0. The van der Waals surface area contributed by atoms with E-state index < -0.39 is 5.82 Å². The zero-order valence-corrected chi connectivity index (χ0v) is 14.9. The molecule has 26 heavy (non-hydrogen) atoms. The van der Waals surface area contributed by atoms with Crippen molar-refractivity contribution in [3.8, 4) is 0 Å². The van der Waals surface area contributed by atoms with Crippen molar-refractivity contribution in [2.75, 3.05) is 17.2 Å². The molecule has 1 fully saturated rings. The van der Waals surface area contributed by atoms with Crippen LogP contribution in [0.15, 0.2) is 48.5 Å². The number of hydrogen-bond acceptors (Lipinski definition) is 3. The smallest absolute Gasteiger partial charge is 0.255 e. The van der Waals surface area contributed by atoms with Crippen LogP contribution in [0.3, 0.4) is 0 Å². The maximum atomic E-state index is 13.2. The summed E-state index contributed by atoms with van der Waals surface area (Å²) in [6.07, 6.45) is 2.92. The van der Waals surface area contributed by atoms with E-state index in [1.165, 1.54) is 18.2 Å². The molecule has 1 unspecified atom stereocenters. The van der Waals surface area contributed by atoms with Crippen molar-refractivity contribution >= 4 is 35.6 Å². The summed E-state index contributed by atoms with van der Waals surface area (Å²) < 4.78 is 13.2. The zero-order valence-electron chi connectivity index (χ0n) is 14.1. The fraction of sp³-hybridized carbons (Fsp3) is 0.263. The van der Waals surface area contributed by atoms with Crippen molar-refractivity contribution in [1.29, 1.82) is 0 Å². The summed E-state index contributed by atoms with van der Waals surface area (Å²) in [6.45, 7) is 0.841. The second kappa shape index (κ2) is 9.31. The minimum atomic E-state index is -0.418. The Bertz CT molecular complexity index is 779. The standard InChI is InChI=1S/C19H20FN3O2.ClH/c20-14-6-4-8-16(12-14)22-18(24)13-5-3-7-15(11-13)23-19(25)17-9-1-2-10-21-17;/h3-8,11-12,17,21H,1-2,9-10H2,(H,22,24)(H,23,25);1H. The number of rotatable bonds is 4. The maximum Gasteiger partial charge on any atom is 0.255 e. The summed E-state index contributed by atoms with van der Waals surface area (Å²) in [7, 11) is 0. The summed E-state index contributed by atoms with van der Waals surface area (Å²) in [5.41, 5.74) is 1.33. The molecule has 3 N–H and O–H groups in total. The largest absolute Gasteiger partial charge is 0.325 e. The van der Waals surface area contributed by atoms with Gasteiger partial charge in [0.2, 0.25) is 5.91 Å². The Morgan fingerprint density at radius 3 is 2.42 bits per heavy atom. The highest BCUT2D eigenvalue weighted by atomic mass is 35.5. The lowest BCUT2D eigenvalue weighted by molar-refractivity contribution is -0.118. The normalized spacial score (nSPS) is 16.3. The minimum absolute atomic E-state index is 0. The molecule has 3 rings (SSSR count). The van der Waals surface area contributed by atoms with Crippen molar-refractivity contribution in [3.05, 3.63) is 59.9 Å². The number of anilines is 2. The number of benzene rings is 2. The Labute approximate surface area is 157 Å².